The topological polar surface area (TPSA) is 316 Å². The first kappa shape index (κ1) is 61.5. The molecule has 6 atom stereocenters. The van der Waals surface area contributed by atoms with E-state index in [2.05, 4.69) is 38.4 Å². The zero-order valence-electron chi connectivity index (χ0n) is 45.5. The first-order valence-electron chi connectivity index (χ1n) is 27.5. The minimum absolute atomic E-state index is 0.0191. The Morgan fingerprint density at radius 3 is 2.35 bits per heavy atom. The lowest BCUT2D eigenvalue weighted by Gasteiger charge is -2.37. The number of fused-ring (bicyclic) bond motifs is 3. The Morgan fingerprint density at radius 1 is 0.892 bits per heavy atom. The molecule has 26 heteroatoms. The van der Waals surface area contributed by atoms with E-state index in [9.17, 15) is 66.3 Å². The van der Waals surface area contributed by atoms with E-state index < -0.39 is 103 Å². The van der Waals surface area contributed by atoms with Crippen molar-refractivity contribution in [3.63, 3.8) is 0 Å². The van der Waals surface area contributed by atoms with Gasteiger partial charge in [-0.15, -0.1) is 11.3 Å². The third-order valence-corrected chi connectivity index (χ3v) is 17.3. The Labute approximate surface area is 481 Å². The van der Waals surface area contributed by atoms with Crippen LogP contribution in [0, 0.1) is 11.8 Å². The number of nitrogens with two attached hydrogens (primary N) is 1. The first-order chi connectivity index (χ1) is 39.6. The third-order valence-electron chi connectivity index (χ3n) is 15.2. The highest BCUT2D eigenvalue weighted by Gasteiger charge is 2.51. The second-order valence-corrected chi connectivity index (χ2v) is 23.8. The molecule has 22 nitrogen and oxygen atoms in total. The molecule has 9 amide bonds. The summed E-state index contributed by atoms with van der Waals surface area (Å²) in [4.78, 5) is 143. The van der Waals surface area contributed by atoms with Gasteiger partial charge in [0.1, 0.15) is 36.8 Å². The number of thiophene rings is 1. The number of carbonyl (C=O) groups excluding carboxylic acids is 9. The monoisotopic (exact) mass is 1190 g/mol. The quantitative estimate of drug-likeness (QED) is 0.0234. The number of nitrogens with zero attached hydrogens (tertiary/aromatic N) is 3. The normalized spacial score (nSPS) is 20.0. The van der Waals surface area contributed by atoms with Gasteiger partial charge in [0.05, 0.1) is 4.88 Å². The maximum absolute atomic E-state index is 14.5. The minimum Gasteiger partial charge on any atom is -0.447 e. The van der Waals surface area contributed by atoms with Crippen LogP contribution in [-0.4, -0.2) is 141 Å². The largest absolute Gasteiger partial charge is 0.447 e. The highest BCUT2D eigenvalue weighted by molar-refractivity contribution is 7.52. The Hall–Kier alpha value is -7.62. The number of carbonyl (C=O) groups is 9. The van der Waals surface area contributed by atoms with E-state index in [0.29, 0.717) is 54.6 Å². The zero-order valence-corrected chi connectivity index (χ0v) is 47.2. The standard InChI is InChI=1S/C57H66F2N9O13PS/c1-66-28-26-38-21-22-44(68(38)55(76)41(32-66)62-52(73)46-30-36-29-37(20-24-45(36)83-46)57(58,59)82(78,79)80)51(72)63-42(33-81-56(60)77)49(70)65-48(35-16-11-9-12-17-35)53(74)61-27-13-8-6-4-2-3-5-7-10-15-34-18-14-19-39-40(34)31-67(54(39)75)43-23-25-47(69)64-50(43)71/h9,11-12,14,16-20,24,29-30,38,41-44,48H,2-8,13,21-23,25-28,31-33H2,1H3,(H2,60,77)(H,61,74)(H,62,73)(H,63,72)(H,65,70)(H,64,69,71)(H2,78,79,80)/t38-,41+,42+,43?,44+,48+/m1/s1. The summed E-state index contributed by atoms with van der Waals surface area (Å²) in [7, 11) is -4.11. The van der Waals surface area contributed by atoms with Gasteiger partial charge in [-0.2, -0.15) is 8.78 Å². The zero-order chi connectivity index (χ0) is 59.6. The molecule has 4 aliphatic heterocycles. The molecule has 1 unspecified atom stereocenters. The average molecular weight is 1190 g/mol. The van der Waals surface area contributed by atoms with Crippen molar-refractivity contribution in [2.24, 2.45) is 5.73 Å². The van der Waals surface area contributed by atoms with Crippen molar-refractivity contribution < 1.29 is 71.0 Å². The maximum atomic E-state index is 14.5. The number of amides is 9. The van der Waals surface area contributed by atoms with E-state index in [1.54, 1.807) is 49.5 Å². The van der Waals surface area contributed by atoms with E-state index in [0.717, 1.165) is 73.1 Å². The SMILES string of the molecule is CN1CC[C@H]2CC[C@@H](C(=O)N[C@@H](COC(N)=O)C(=O)N[C@H](C(=O)NCCCCCCCCCC#Cc3cccc4c3CN(C3CCC(=O)NC3=O)C4=O)c3ccccc3)N2C(=O)[C@@H](NC(=O)c2cc3cc(C(F)(F)P(=O)(O)O)ccc3s2)C1. The van der Waals surface area contributed by atoms with Crippen molar-refractivity contribution in [2.45, 2.75) is 132 Å². The number of alkyl halides is 2. The fraction of sp³-hybridized carbons (Fsp3) is 0.456. The molecule has 0 bridgehead atoms. The molecule has 0 radical (unpaired) electrons. The maximum Gasteiger partial charge on any atom is 0.404 e. The highest BCUT2D eigenvalue weighted by Crippen LogP contribution is 2.59. The molecule has 8 rings (SSSR count). The summed E-state index contributed by atoms with van der Waals surface area (Å²) < 4.78 is 46.0. The smallest absolute Gasteiger partial charge is 0.404 e. The van der Waals surface area contributed by atoms with Crippen molar-refractivity contribution >= 4 is 82.4 Å². The molecule has 3 fully saturated rings. The van der Waals surface area contributed by atoms with E-state index in [-0.39, 0.29) is 54.4 Å². The number of likely N-dealkylation sites (N-methyl/N-ethyl adjacent to an activating group) is 1. The van der Waals surface area contributed by atoms with Gasteiger partial charge in [0.2, 0.25) is 35.4 Å². The Morgan fingerprint density at radius 2 is 1.63 bits per heavy atom. The number of unbranched alkanes of at least 4 members (excludes halogenated alkanes) is 7. The molecule has 1 aromatic heterocycles. The molecule has 4 aliphatic rings. The second-order valence-electron chi connectivity index (χ2n) is 21.1. The average Bonchev–Trinajstić information content (AvgIpc) is 3.46. The summed E-state index contributed by atoms with van der Waals surface area (Å²) in [6.07, 6.45) is 7.11. The Kier molecular flexibility index (Phi) is 20.1. The van der Waals surface area contributed by atoms with Gasteiger partial charge in [-0.3, -0.25) is 48.2 Å². The lowest BCUT2D eigenvalue weighted by atomic mass is 10.0. The summed E-state index contributed by atoms with van der Waals surface area (Å²) in [5.74, 6) is 1.84. The third kappa shape index (κ3) is 15.0. The van der Waals surface area contributed by atoms with Crippen LogP contribution in [0.3, 0.4) is 0 Å². The van der Waals surface area contributed by atoms with Gasteiger partial charge in [-0.25, -0.2) is 4.79 Å². The predicted octanol–water partition coefficient (Wildman–Crippen LogP) is 4.41. The summed E-state index contributed by atoms with van der Waals surface area (Å²) in [6.45, 7) is 0.329. The summed E-state index contributed by atoms with van der Waals surface area (Å²) >= 11 is 0.911. The van der Waals surface area contributed by atoms with Gasteiger partial charge >= 0.3 is 19.4 Å². The van der Waals surface area contributed by atoms with Gasteiger partial charge in [-0.1, -0.05) is 86.4 Å². The molecule has 0 aliphatic carbocycles. The highest BCUT2D eigenvalue weighted by atomic mass is 32.1. The molecular formula is C57H66F2N9O13PS. The number of ether oxygens (including phenoxy) is 1. The number of piperidine rings is 1. The van der Waals surface area contributed by atoms with Gasteiger partial charge in [0.25, 0.3) is 11.8 Å². The van der Waals surface area contributed by atoms with Crippen LogP contribution in [-0.2, 0) is 50.3 Å². The summed E-state index contributed by atoms with van der Waals surface area (Å²) in [6, 6.07) is 11.7. The van der Waals surface area contributed by atoms with Crippen molar-refractivity contribution in [2.75, 3.05) is 33.3 Å². The van der Waals surface area contributed by atoms with Crippen molar-refractivity contribution in [3.05, 3.63) is 105 Å². The fourth-order valence-corrected chi connectivity index (χ4v) is 12.3. The van der Waals surface area contributed by atoms with Crippen LogP contribution in [0.1, 0.15) is 132 Å². The van der Waals surface area contributed by atoms with Crippen molar-refractivity contribution in [1.82, 2.24) is 41.3 Å². The summed E-state index contributed by atoms with van der Waals surface area (Å²) in [5.41, 5.74) is 2.35. The fourth-order valence-electron chi connectivity index (χ4n) is 10.8. The number of halogens is 2. The molecule has 0 spiro atoms. The number of rotatable bonds is 22. The molecule has 0 saturated carbocycles. The molecule has 3 saturated heterocycles. The lowest BCUT2D eigenvalue weighted by molar-refractivity contribution is -0.144. The van der Waals surface area contributed by atoms with Crippen LogP contribution in [0.25, 0.3) is 10.1 Å². The van der Waals surface area contributed by atoms with E-state index in [1.807, 2.05) is 11.0 Å². The van der Waals surface area contributed by atoms with Crippen LogP contribution in [0.2, 0.25) is 0 Å². The molecular weight excluding hydrogens is 1120 g/mol. The Bertz CT molecular complexity index is 3260. The van der Waals surface area contributed by atoms with Crippen molar-refractivity contribution in [3.8, 4) is 11.8 Å². The summed E-state index contributed by atoms with van der Waals surface area (Å²) in [5, 5.41) is 13.3. The molecule has 9 N–H and O–H groups in total. The van der Waals surface area contributed by atoms with Crippen LogP contribution < -0.4 is 32.3 Å². The number of primary amides is 1. The predicted molar refractivity (Wildman–Crippen MR) is 299 cm³/mol. The van der Waals surface area contributed by atoms with Crippen LogP contribution in [0.15, 0.2) is 72.8 Å². The van der Waals surface area contributed by atoms with Gasteiger partial charge in [0.15, 0.2) is 0 Å². The number of imide groups is 1. The van der Waals surface area contributed by atoms with Gasteiger partial charge in [-0.05, 0) is 99.0 Å². The minimum atomic E-state index is -5.87. The lowest BCUT2D eigenvalue weighted by Crippen LogP contribution is -2.61. The Balaban J connectivity index is 0.814. The molecule has 83 heavy (non-hydrogen) atoms. The van der Waals surface area contributed by atoms with Gasteiger partial charge < -0.3 is 56.2 Å². The molecule has 3 aromatic carbocycles. The van der Waals surface area contributed by atoms with E-state index in [4.69, 9.17) is 10.5 Å². The molecule has 5 heterocycles. The molecule has 442 valence electrons. The van der Waals surface area contributed by atoms with Crippen LogP contribution in [0.4, 0.5) is 13.6 Å². The second kappa shape index (κ2) is 27.2. The van der Waals surface area contributed by atoms with Crippen LogP contribution in [0.5, 0.6) is 0 Å². The van der Waals surface area contributed by atoms with E-state index >= 15 is 0 Å². The van der Waals surface area contributed by atoms with Crippen LogP contribution >= 0.6 is 18.9 Å². The number of hydrogen-bond acceptors (Lipinski definition) is 13. The number of nitrogens with one attached hydrogen (secondary N) is 5. The molecule has 4 aromatic rings. The first-order valence-corrected chi connectivity index (χ1v) is 29.9. The van der Waals surface area contributed by atoms with Crippen molar-refractivity contribution in [1.29, 1.82) is 0 Å². The van der Waals surface area contributed by atoms with E-state index in [1.165, 1.54) is 21.9 Å². The number of benzene rings is 3. The van der Waals surface area contributed by atoms with Gasteiger partial charge in [0, 0.05) is 59.9 Å². The number of hydrogen-bond donors (Lipinski definition) is 8.